The molecule has 0 aliphatic heterocycles. The molecule has 3 rings (SSSR count). The number of nitrogens with one attached hydrogen (secondary N) is 2. The van der Waals surface area contributed by atoms with E-state index < -0.39 is 0 Å². The first-order chi connectivity index (χ1) is 9.56. The van der Waals surface area contributed by atoms with Crippen molar-refractivity contribution >= 4 is 34.0 Å². The molecule has 4 N–H and O–H groups in total. The molecule has 0 saturated heterocycles. The van der Waals surface area contributed by atoms with Crippen molar-refractivity contribution < 1.29 is 0 Å². The van der Waals surface area contributed by atoms with Gasteiger partial charge in [-0.05, 0) is 18.1 Å². The topological polar surface area (TPSA) is 100 Å². The molecule has 0 aliphatic rings. The van der Waals surface area contributed by atoms with Crippen molar-refractivity contribution in [2.45, 2.75) is 19.9 Å². The molecule has 0 radical (unpaired) electrons. The van der Waals surface area contributed by atoms with Gasteiger partial charge in [0.2, 0.25) is 0 Å². The lowest BCUT2D eigenvalue weighted by molar-refractivity contribution is 0.491. The van der Waals surface area contributed by atoms with Gasteiger partial charge in [-0.25, -0.2) is 4.98 Å². The van der Waals surface area contributed by atoms with Crippen LogP contribution in [0.25, 0.3) is 20.8 Å². The third kappa shape index (κ3) is 2.85. The highest BCUT2D eigenvalue weighted by Crippen LogP contribution is 2.29. The zero-order valence-electron chi connectivity index (χ0n) is 11.6. The van der Waals surface area contributed by atoms with Crippen LogP contribution in [0.3, 0.4) is 0 Å². The van der Waals surface area contributed by atoms with Crippen LogP contribution in [0, 0.1) is 5.92 Å². The van der Waals surface area contributed by atoms with Gasteiger partial charge < -0.3 is 10.7 Å². The lowest BCUT2D eigenvalue weighted by Gasteiger charge is -2.13. The van der Waals surface area contributed by atoms with Gasteiger partial charge >= 0.3 is 0 Å². The van der Waals surface area contributed by atoms with Gasteiger partial charge in [-0.3, -0.25) is 9.89 Å². The van der Waals surface area contributed by atoms with Crippen LogP contribution in [0.2, 0.25) is 0 Å². The predicted molar refractivity (Wildman–Crippen MR) is 86.8 cm³/mol. The van der Waals surface area contributed by atoms with Crippen LogP contribution in [0.1, 0.15) is 25.7 Å². The highest BCUT2D eigenvalue weighted by atomic mass is 35.5. The van der Waals surface area contributed by atoms with Crippen LogP contribution in [0.5, 0.6) is 0 Å². The van der Waals surface area contributed by atoms with E-state index in [1.807, 2.05) is 26.0 Å². The number of halogens is 1. The fourth-order valence-corrected chi connectivity index (χ4v) is 2.92. The Hall–Kier alpha value is -1.70. The number of fused-ring (bicyclic) bond motifs is 1. The molecule has 3 aromatic heterocycles. The largest absolute Gasteiger partial charge is 0.321 e. The van der Waals surface area contributed by atoms with E-state index in [0.29, 0.717) is 16.0 Å². The monoisotopic (exact) mass is 325 g/mol. The molecule has 21 heavy (non-hydrogen) atoms. The summed E-state index contributed by atoms with van der Waals surface area (Å²) >= 11 is 1.38. The summed E-state index contributed by atoms with van der Waals surface area (Å²) < 4.78 is 0.600. The Morgan fingerprint density at radius 1 is 1.38 bits per heavy atom. The fourth-order valence-electron chi connectivity index (χ4n) is 1.96. The minimum atomic E-state index is -0.277. The molecule has 0 spiro atoms. The highest BCUT2D eigenvalue weighted by molar-refractivity contribution is 7.22. The van der Waals surface area contributed by atoms with Crippen molar-refractivity contribution in [1.29, 1.82) is 0 Å². The highest BCUT2D eigenvalue weighted by Gasteiger charge is 2.16. The molecule has 0 saturated carbocycles. The molecule has 0 aliphatic carbocycles. The SMILES string of the molecule is CC(C)[C@H](N)c1nc2cc(-c3cc[nH]n3)sc2c(=O)[nH]1.Cl. The summed E-state index contributed by atoms with van der Waals surface area (Å²) in [6.07, 6.45) is 1.75. The number of hydrogen-bond acceptors (Lipinski definition) is 5. The summed E-state index contributed by atoms with van der Waals surface area (Å²) in [4.78, 5) is 20.3. The molecular formula is C13H16ClN5OS. The van der Waals surface area contributed by atoms with E-state index in [9.17, 15) is 4.79 Å². The van der Waals surface area contributed by atoms with E-state index in [1.165, 1.54) is 11.3 Å². The van der Waals surface area contributed by atoms with Crippen LogP contribution in [-0.4, -0.2) is 20.2 Å². The van der Waals surface area contributed by atoms with Crippen LogP contribution in [0.15, 0.2) is 23.1 Å². The van der Waals surface area contributed by atoms with Crippen molar-refractivity contribution in [3.05, 3.63) is 34.5 Å². The van der Waals surface area contributed by atoms with E-state index >= 15 is 0 Å². The Morgan fingerprint density at radius 2 is 2.14 bits per heavy atom. The lowest BCUT2D eigenvalue weighted by Crippen LogP contribution is -2.23. The number of thiophene rings is 1. The summed E-state index contributed by atoms with van der Waals surface area (Å²) in [5, 5.41) is 6.88. The molecule has 3 aromatic rings. The maximum Gasteiger partial charge on any atom is 0.268 e. The first-order valence-corrected chi connectivity index (χ1v) is 7.17. The van der Waals surface area contributed by atoms with Gasteiger partial charge in [-0.2, -0.15) is 5.10 Å². The normalized spacial score (nSPS) is 12.6. The third-order valence-electron chi connectivity index (χ3n) is 3.19. The number of nitrogens with zero attached hydrogens (tertiary/aromatic N) is 2. The Labute approximate surface area is 131 Å². The van der Waals surface area contributed by atoms with Crippen molar-refractivity contribution in [2.75, 3.05) is 0 Å². The van der Waals surface area contributed by atoms with Gasteiger partial charge in [0, 0.05) is 6.20 Å². The molecule has 0 fully saturated rings. The van der Waals surface area contributed by atoms with Gasteiger partial charge in [0.05, 0.1) is 16.4 Å². The van der Waals surface area contributed by atoms with Crippen LogP contribution < -0.4 is 11.3 Å². The van der Waals surface area contributed by atoms with E-state index in [4.69, 9.17) is 5.73 Å². The molecule has 0 aromatic carbocycles. The van der Waals surface area contributed by atoms with Crippen molar-refractivity contribution in [3.8, 4) is 10.6 Å². The summed E-state index contributed by atoms with van der Waals surface area (Å²) in [6.45, 7) is 4.00. The maximum absolute atomic E-state index is 12.1. The zero-order valence-corrected chi connectivity index (χ0v) is 13.2. The van der Waals surface area contributed by atoms with Crippen molar-refractivity contribution in [2.24, 2.45) is 11.7 Å². The maximum atomic E-state index is 12.1. The zero-order chi connectivity index (χ0) is 14.3. The molecule has 0 amide bonds. The predicted octanol–water partition coefficient (Wildman–Crippen LogP) is 2.45. The number of aromatic amines is 2. The average molecular weight is 326 g/mol. The van der Waals surface area contributed by atoms with Crippen molar-refractivity contribution in [3.63, 3.8) is 0 Å². The Bertz CT molecular complexity index is 793. The van der Waals surface area contributed by atoms with E-state index in [-0.39, 0.29) is 29.9 Å². The Balaban J connectivity index is 0.00000161. The summed E-state index contributed by atoms with van der Waals surface area (Å²) in [5.74, 6) is 0.740. The molecule has 6 nitrogen and oxygen atoms in total. The van der Waals surface area contributed by atoms with Crippen LogP contribution >= 0.6 is 23.7 Å². The number of H-pyrrole nitrogens is 2. The minimum absolute atomic E-state index is 0. The number of hydrogen-bond donors (Lipinski definition) is 3. The van der Waals surface area contributed by atoms with Gasteiger partial charge in [0.25, 0.3) is 5.56 Å². The quantitative estimate of drug-likeness (QED) is 0.688. The second-order valence-corrected chi connectivity index (χ2v) is 6.06. The number of nitrogens with two attached hydrogens (primary N) is 1. The van der Waals surface area contributed by atoms with Gasteiger partial charge in [-0.1, -0.05) is 13.8 Å². The smallest absolute Gasteiger partial charge is 0.268 e. The Morgan fingerprint density at radius 3 is 2.76 bits per heavy atom. The summed E-state index contributed by atoms with van der Waals surface area (Å²) in [7, 11) is 0. The molecule has 1 atom stereocenters. The van der Waals surface area contributed by atoms with E-state index in [0.717, 1.165) is 10.6 Å². The molecule has 8 heteroatoms. The lowest BCUT2D eigenvalue weighted by atomic mass is 10.1. The summed E-state index contributed by atoms with van der Waals surface area (Å²) in [6, 6.07) is 3.46. The van der Waals surface area contributed by atoms with Gasteiger partial charge in [0.15, 0.2) is 0 Å². The number of aromatic nitrogens is 4. The molecule has 0 bridgehead atoms. The second-order valence-electron chi connectivity index (χ2n) is 5.01. The first-order valence-electron chi connectivity index (χ1n) is 6.35. The Kier molecular flexibility index (Phi) is 4.46. The summed E-state index contributed by atoms with van der Waals surface area (Å²) in [5.41, 5.74) is 7.38. The third-order valence-corrected chi connectivity index (χ3v) is 4.33. The average Bonchev–Trinajstić information content (AvgIpc) is 3.05. The molecular weight excluding hydrogens is 310 g/mol. The molecule has 112 valence electrons. The molecule has 3 heterocycles. The fraction of sp³-hybridized carbons (Fsp3) is 0.308. The van der Waals surface area contributed by atoms with Gasteiger partial charge in [-0.15, -0.1) is 23.7 Å². The van der Waals surface area contributed by atoms with Crippen LogP contribution in [-0.2, 0) is 0 Å². The molecule has 0 unspecified atom stereocenters. The van der Waals surface area contributed by atoms with E-state index in [2.05, 4.69) is 20.2 Å². The standard InChI is InChI=1S/C13H15N5OS.ClH/c1-6(2)10(14)12-16-8-5-9(7-3-4-15-18-7)20-11(8)13(19)17-12;/h3-6,10H,14H2,1-2H3,(H,15,18)(H,16,17,19);1H/t10-;/m0./s1. The van der Waals surface area contributed by atoms with Crippen LogP contribution in [0.4, 0.5) is 0 Å². The van der Waals surface area contributed by atoms with E-state index in [1.54, 1.807) is 6.20 Å². The first kappa shape index (κ1) is 15.7. The number of rotatable bonds is 3. The van der Waals surface area contributed by atoms with Gasteiger partial charge in [0.1, 0.15) is 16.2 Å². The minimum Gasteiger partial charge on any atom is -0.321 e. The van der Waals surface area contributed by atoms with Crippen molar-refractivity contribution in [1.82, 2.24) is 20.2 Å². The second kappa shape index (κ2) is 5.97.